The number of hydrogen-bond donors (Lipinski definition) is 1. The summed E-state index contributed by atoms with van der Waals surface area (Å²) in [5, 5.41) is 3.28. The highest BCUT2D eigenvalue weighted by molar-refractivity contribution is 5.10. The Labute approximate surface area is 71.7 Å². The second-order valence-electron chi connectivity index (χ2n) is 3.23. The van der Waals surface area contributed by atoms with Gasteiger partial charge in [0.25, 0.3) is 0 Å². The molecule has 0 aromatic carbocycles. The van der Waals surface area contributed by atoms with Crippen LogP contribution in [-0.2, 0) is 10.3 Å². The second kappa shape index (κ2) is 2.92. The van der Waals surface area contributed by atoms with E-state index in [4.69, 9.17) is 9.15 Å². The Morgan fingerprint density at radius 1 is 1.58 bits per heavy atom. The Morgan fingerprint density at radius 2 is 2.50 bits per heavy atom. The molecular formula is C9H13NO2. The molecule has 1 atom stereocenters. The number of furan rings is 1. The Hall–Kier alpha value is -0.800. The zero-order chi connectivity index (χ0) is 8.44. The van der Waals surface area contributed by atoms with Gasteiger partial charge in [0, 0.05) is 13.1 Å². The van der Waals surface area contributed by atoms with Gasteiger partial charge in [0.2, 0.25) is 0 Å². The van der Waals surface area contributed by atoms with Crippen molar-refractivity contribution in [3.05, 3.63) is 24.2 Å². The maximum absolute atomic E-state index is 5.65. The second-order valence-corrected chi connectivity index (χ2v) is 3.23. The third kappa shape index (κ3) is 1.26. The van der Waals surface area contributed by atoms with Gasteiger partial charge in [0.15, 0.2) is 0 Å². The lowest BCUT2D eigenvalue weighted by atomic mass is 10.0. The molecule has 3 nitrogen and oxygen atoms in total. The van der Waals surface area contributed by atoms with E-state index in [1.807, 2.05) is 19.1 Å². The summed E-state index contributed by atoms with van der Waals surface area (Å²) in [5.41, 5.74) is -0.276. The molecule has 1 aliphatic heterocycles. The average Bonchev–Trinajstić information content (AvgIpc) is 2.58. The first-order valence-electron chi connectivity index (χ1n) is 4.20. The van der Waals surface area contributed by atoms with Crippen molar-refractivity contribution < 1.29 is 9.15 Å². The summed E-state index contributed by atoms with van der Waals surface area (Å²) in [4.78, 5) is 0. The van der Waals surface area contributed by atoms with Gasteiger partial charge in [-0.25, -0.2) is 0 Å². The van der Waals surface area contributed by atoms with Crippen LogP contribution in [-0.4, -0.2) is 19.7 Å². The van der Waals surface area contributed by atoms with E-state index < -0.39 is 0 Å². The van der Waals surface area contributed by atoms with Crippen molar-refractivity contribution in [3.63, 3.8) is 0 Å². The topological polar surface area (TPSA) is 34.4 Å². The first kappa shape index (κ1) is 7.83. The Bertz CT molecular complexity index is 237. The smallest absolute Gasteiger partial charge is 0.136 e. The van der Waals surface area contributed by atoms with Gasteiger partial charge in [-0.05, 0) is 19.1 Å². The summed E-state index contributed by atoms with van der Waals surface area (Å²) in [6.45, 7) is 4.53. The molecule has 2 rings (SSSR count). The van der Waals surface area contributed by atoms with Crippen molar-refractivity contribution in [2.24, 2.45) is 0 Å². The van der Waals surface area contributed by atoms with Crippen molar-refractivity contribution in [1.82, 2.24) is 5.32 Å². The predicted molar refractivity (Wildman–Crippen MR) is 44.9 cm³/mol. The predicted octanol–water partition coefficient (Wildman–Crippen LogP) is 1.11. The van der Waals surface area contributed by atoms with Crippen molar-refractivity contribution in [2.45, 2.75) is 12.5 Å². The van der Waals surface area contributed by atoms with E-state index in [9.17, 15) is 0 Å². The molecular weight excluding hydrogens is 154 g/mol. The molecule has 0 spiro atoms. The van der Waals surface area contributed by atoms with Crippen LogP contribution in [0.4, 0.5) is 0 Å². The van der Waals surface area contributed by atoms with Gasteiger partial charge in [0.05, 0.1) is 12.9 Å². The molecule has 1 unspecified atom stereocenters. The van der Waals surface area contributed by atoms with E-state index in [-0.39, 0.29) is 5.60 Å². The van der Waals surface area contributed by atoms with E-state index >= 15 is 0 Å². The van der Waals surface area contributed by atoms with Crippen LogP contribution in [0.15, 0.2) is 22.8 Å². The summed E-state index contributed by atoms with van der Waals surface area (Å²) in [5.74, 6) is 0.898. The first-order chi connectivity index (χ1) is 5.81. The van der Waals surface area contributed by atoms with Crippen LogP contribution >= 0.6 is 0 Å². The van der Waals surface area contributed by atoms with E-state index in [1.54, 1.807) is 6.26 Å². The molecule has 66 valence electrons. The highest BCUT2D eigenvalue weighted by atomic mass is 16.5. The molecule has 0 amide bonds. The molecule has 12 heavy (non-hydrogen) atoms. The standard InChI is InChI=1S/C9H13NO2/c1-9(7-10-4-6-12-9)8-3-2-5-11-8/h2-3,5,10H,4,6-7H2,1H3. The number of morpholine rings is 1. The molecule has 0 bridgehead atoms. The van der Waals surface area contributed by atoms with E-state index in [0.717, 1.165) is 25.5 Å². The molecule has 1 saturated heterocycles. The average molecular weight is 167 g/mol. The summed E-state index contributed by atoms with van der Waals surface area (Å²) in [7, 11) is 0. The fourth-order valence-corrected chi connectivity index (χ4v) is 1.46. The van der Waals surface area contributed by atoms with E-state index in [0.29, 0.717) is 0 Å². The maximum Gasteiger partial charge on any atom is 0.136 e. The minimum Gasteiger partial charge on any atom is -0.466 e. The maximum atomic E-state index is 5.65. The van der Waals surface area contributed by atoms with Crippen LogP contribution in [0.5, 0.6) is 0 Å². The van der Waals surface area contributed by atoms with E-state index in [1.165, 1.54) is 0 Å². The number of hydrogen-bond acceptors (Lipinski definition) is 3. The molecule has 0 radical (unpaired) electrons. The van der Waals surface area contributed by atoms with Gasteiger partial charge in [-0.15, -0.1) is 0 Å². The van der Waals surface area contributed by atoms with Crippen molar-refractivity contribution in [1.29, 1.82) is 0 Å². The zero-order valence-corrected chi connectivity index (χ0v) is 7.17. The molecule has 2 heterocycles. The molecule has 1 fully saturated rings. The largest absolute Gasteiger partial charge is 0.466 e. The summed E-state index contributed by atoms with van der Waals surface area (Å²) < 4.78 is 11.0. The van der Waals surface area contributed by atoms with Crippen molar-refractivity contribution in [3.8, 4) is 0 Å². The molecule has 1 aliphatic rings. The lowest BCUT2D eigenvalue weighted by Gasteiger charge is -2.32. The van der Waals surface area contributed by atoms with Crippen LogP contribution in [0.1, 0.15) is 12.7 Å². The van der Waals surface area contributed by atoms with E-state index in [2.05, 4.69) is 5.32 Å². The van der Waals surface area contributed by atoms with Gasteiger partial charge in [-0.3, -0.25) is 0 Å². The van der Waals surface area contributed by atoms with Gasteiger partial charge >= 0.3 is 0 Å². The van der Waals surface area contributed by atoms with Crippen LogP contribution in [0.3, 0.4) is 0 Å². The highest BCUT2D eigenvalue weighted by Gasteiger charge is 2.32. The summed E-state index contributed by atoms with van der Waals surface area (Å²) in [6.07, 6.45) is 1.68. The van der Waals surface area contributed by atoms with Crippen molar-refractivity contribution in [2.75, 3.05) is 19.7 Å². The fourth-order valence-electron chi connectivity index (χ4n) is 1.46. The summed E-state index contributed by atoms with van der Waals surface area (Å²) in [6, 6.07) is 3.84. The Kier molecular flexibility index (Phi) is 1.90. The zero-order valence-electron chi connectivity index (χ0n) is 7.17. The quantitative estimate of drug-likeness (QED) is 0.680. The monoisotopic (exact) mass is 167 g/mol. The minimum atomic E-state index is -0.276. The van der Waals surface area contributed by atoms with Gasteiger partial charge in [-0.2, -0.15) is 0 Å². The molecule has 1 aromatic rings. The van der Waals surface area contributed by atoms with Crippen molar-refractivity contribution >= 4 is 0 Å². The van der Waals surface area contributed by atoms with Crippen LogP contribution < -0.4 is 5.32 Å². The molecule has 0 saturated carbocycles. The number of rotatable bonds is 1. The fraction of sp³-hybridized carbons (Fsp3) is 0.556. The third-order valence-corrected chi connectivity index (χ3v) is 2.20. The Balaban J connectivity index is 2.19. The lowest BCUT2D eigenvalue weighted by molar-refractivity contribution is -0.0706. The number of nitrogens with one attached hydrogen (secondary N) is 1. The van der Waals surface area contributed by atoms with Gasteiger partial charge in [0.1, 0.15) is 11.4 Å². The molecule has 1 aromatic heterocycles. The normalized spacial score (nSPS) is 30.4. The lowest BCUT2D eigenvalue weighted by Crippen LogP contribution is -2.45. The molecule has 3 heteroatoms. The highest BCUT2D eigenvalue weighted by Crippen LogP contribution is 2.26. The third-order valence-electron chi connectivity index (χ3n) is 2.20. The van der Waals surface area contributed by atoms with Crippen LogP contribution in [0, 0.1) is 0 Å². The van der Waals surface area contributed by atoms with Crippen LogP contribution in [0.25, 0.3) is 0 Å². The minimum absolute atomic E-state index is 0.276. The van der Waals surface area contributed by atoms with Gasteiger partial charge < -0.3 is 14.5 Å². The number of ether oxygens (including phenoxy) is 1. The molecule has 0 aliphatic carbocycles. The van der Waals surface area contributed by atoms with Gasteiger partial charge in [-0.1, -0.05) is 0 Å². The molecule has 1 N–H and O–H groups in total. The van der Waals surface area contributed by atoms with Crippen LogP contribution in [0.2, 0.25) is 0 Å². The Morgan fingerprint density at radius 3 is 3.08 bits per heavy atom. The first-order valence-corrected chi connectivity index (χ1v) is 4.20. The summed E-state index contributed by atoms with van der Waals surface area (Å²) >= 11 is 0. The SMILES string of the molecule is CC1(c2ccco2)CNCCO1.